The molecule has 3 nitrogen and oxygen atoms in total. The fourth-order valence-electron chi connectivity index (χ4n) is 3.59. The second-order valence-electron chi connectivity index (χ2n) is 7.74. The van der Waals surface area contributed by atoms with Gasteiger partial charge in [0, 0.05) is 37.8 Å². The van der Waals surface area contributed by atoms with Crippen LogP contribution in [0.2, 0.25) is 0 Å². The third-order valence-corrected chi connectivity index (χ3v) is 5.35. The van der Waals surface area contributed by atoms with Crippen LogP contribution in [0, 0.1) is 11.8 Å². The molecule has 21 heavy (non-hydrogen) atoms. The summed E-state index contributed by atoms with van der Waals surface area (Å²) < 4.78 is 5.87. The number of ether oxygens (including phenoxy) is 1. The highest BCUT2D eigenvalue weighted by molar-refractivity contribution is 5.04. The van der Waals surface area contributed by atoms with E-state index >= 15 is 0 Å². The van der Waals surface area contributed by atoms with Crippen LogP contribution in [0.4, 0.5) is 0 Å². The normalized spacial score (nSPS) is 31.0. The lowest BCUT2D eigenvalue weighted by atomic mass is 9.89. The molecule has 124 valence electrons. The summed E-state index contributed by atoms with van der Waals surface area (Å²) in [6.07, 6.45) is 6.59. The molecule has 1 aliphatic carbocycles. The molecule has 2 rings (SSSR count). The molecule has 2 fully saturated rings. The SMILES string of the molecule is CCCC1CN(CCOCCC(C)C)C(C)(C2CC2)CN1. The summed E-state index contributed by atoms with van der Waals surface area (Å²) in [7, 11) is 0. The second-order valence-corrected chi connectivity index (χ2v) is 7.74. The van der Waals surface area contributed by atoms with Gasteiger partial charge in [0.25, 0.3) is 0 Å². The molecule has 0 aromatic rings. The second kappa shape index (κ2) is 7.94. The summed E-state index contributed by atoms with van der Waals surface area (Å²) in [6.45, 7) is 14.6. The zero-order chi connectivity index (χ0) is 15.3. The van der Waals surface area contributed by atoms with Crippen LogP contribution in [-0.4, -0.2) is 49.3 Å². The fraction of sp³-hybridized carbons (Fsp3) is 1.00. The van der Waals surface area contributed by atoms with Gasteiger partial charge in [-0.3, -0.25) is 4.90 Å². The Labute approximate surface area is 131 Å². The minimum absolute atomic E-state index is 0.367. The molecule has 1 heterocycles. The molecule has 1 saturated heterocycles. The van der Waals surface area contributed by atoms with Gasteiger partial charge in [0.15, 0.2) is 0 Å². The van der Waals surface area contributed by atoms with E-state index in [9.17, 15) is 0 Å². The minimum atomic E-state index is 0.367. The van der Waals surface area contributed by atoms with Crippen molar-refractivity contribution in [2.24, 2.45) is 11.8 Å². The molecular weight excluding hydrogens is 260 g/mol. The van der Waals surface area contributed by atoms with Crippen LogP contribution in [0.25, 0.3) is 0 Å². The molecule has 1 saturated carbocycles. The summed E-state index contributed by atoms with van der Waals surface area (Å²) in [5.41, 5.74) is 0.367. The van der Waals surface area contributed by atoms with Gasteiger partial charge in [0.2, 0.25) is 0 Å². The Morgan fingerprint density at radius 3 is 2.67 bits per heavy atom. The van der Waals surface area contributed by atoms with Crippen molar-refractivity contribution < 1.29 is 4.74 Å². The molecule has 0 aromatic heterocycles. The van der Waals surface area contributed by atoms with Crippen LogP contribution in [0.15, 0.2) is 0 Å². The first-order chi connectivity index (χ1) is 10.1. The van der Waals surface area contributed by atoms with E-state index < -0.39 is 0 Å². The van der Waals surface area contributed by atoms with Crippen molar-refractivity contribution in [2.75, 3.05) is 32.8 Å². The van der Waals surface area contributed by atoms with E-state index in [4.69, 9.17) is 4.74 Å². The average molecular weight is 296 g/mol. The monoisotopic (exact) mass is 296 g/mol. The molecule has 2 aliphatic rings. The summed E-state index contributed by atoms with van der Waals surface area (Å²) in [6, 6.07) is 0.678. The highest BCUT2D eigenvalue weighted by Gasteiger charge is 2.47. The third kappa shape index (κ3) is 4.94. The number of hydrogen-bond donors (Lipinski definition) is 1. The van der Waals surface area contributed by atoms with Gasteiger partial charge >= 0.3 is 0 Å². The van der Waals surface area contributed by atoms with Gasteiger partial charge in [0.1, 0.15) is 0 Å². The lowest BCUT2D eigenvalue weighted by Crippen LogP contribution is -2.64. The molecule has 1 N–H and O–H groups in total. The van der Waals surface area contributed by atoms with Crippen molar-refractivity contribution >= 4 is 0 Å². The first-order valence-electron chi connectivity index (χ1n) is 9.12. The van der Waals surface area contributed by atoms with Crippen molar-refractivity contribution in [3.05, 3.63) is 0 Å². The van der Waals surface area contributed by atoms with E-state index in [0.29, 0.717) is 11.6 Å². The molecule has 0 amide bonds. The number of hydrogen-bond acceptors (Lipinski definition) is 3. The number of nitrogens with zero attached hydrogens (tertiary/aromatic N) is 1. The molecule has 2 unspecified atom stereocenters. The van der Waals surface area contributed by atoms with Crippen molar-refractivity contribution in [3.63, 3.8) is 0 Å². The van der Waals surface area contributed by atoms with Crippen molar-refractivity contribution in [2.45, 2.75) is 71.4 Å². The average Bonchev–Trinajstić information content (AvgIpc) is 3.26. The van der Waals surface area contributed by atoms with Crippen LogP contribution in [0.1, 0.15) is 59.8 Å². The smallest absolute Gasteiger partial charge is 0.0593 e. The van der Waals surface area contributed by atoms with Crippen LogP contribution in [0.5, 0.6) is 0 Å². The maximum Gasteiger partial charge on any atom is 0.0593 e. The first kappa shape index (κ1) is 17.2. The molecule has 0 spiro atoms. The van der Waals surface area contributed by atoms with E-state index in [0.717, 1.165) is 38.1 Å². The maximum atomic E-state index is 5.87. The predicted octanol–water partition coefficient (Wildman–Crippen LogP) is 3.29. The molecule has 3 heteroatoms. The molecular formula is C18H36N2O. The highest BCUT2D eigenvalue weighted by Crippen LogP contribution is 2.44. The van der Waals surface area contributed by atoms with Crippen molar-refractivity contribution in [3.8, 4) is 0 Å². The third-order valence-electron chi connectivity index (χ3n) is 5.35. The Hall–Kier alpha value is -0.120. The maximum absolute atomic E-state index is 5.87. The van der Waals surface area contributed by atoms with Crippen LogP contribution in [-0.2, 0) is 4.74 Å². The summed E-state index contributed by atoms with van der Waals surface area (Å²) in [5, 5.41) is 3.80. The Morgan fingerprint density at radius 2 is 2.05 bits per heavy atom. The fourth-order valence-corrected chi connectivity index (χ4v) is 3.59. The van der Waals surface area contributed by atoms with E-state index in [-0.39, 0.29) is 0 Å². The number of rotatable bonds is 9. The summed E-state index contributed by atoms with van der Waals surface area (Å²) >= 11 is 0. The zero-order valence-electron chi connectivity index (χ0n) is 14.7. The van der Waals surface area contributed by atoms with E-state index in [1.54, 1.807) is 0 Å². The Kier molecular flexibility index (Phi) is 6.51. The Balaban J connectivity index is 1.79. The van der Waals surface area contributed by atoms with Gasteiger partial charge in [0.05, 0.1) is 6.61 Å². The Morgan fingerprint density at radius 1 is 1.29 bits per heavy atom. The van der Waals surface area contributed by atoms with Gasteiger partial charge in [-0.25, -0.2) is 0 Å². The van der Waals surface area contributed by atoms with Crippen molar-refractivity contribution in [1.82, 2.24) is 10.2 Å². The lowest BCUT2D eigenvalue weighted by molar-refractivity contribution is 0.00448. The van der Waals surface area contributed by atoms with Gasteiger partial charge in [-0.2, -0.15) is 0 Å². The van der Waals surface area contributed by atoms with E-state index in [1.807, 2.05) is 0 Å². The van der Waals surface area contributed by atoms with Crippen molar-refractivity contribution in [1.29, 1.82) is 0 Å². The summed E-state index contributed by atoms with van der Waals surface area (Å²) in [4.78, 5) is 2.73. The van der Waals surface area contributed by atoms with Crippen LogP contribution >= 0.6 is 0 Å². The van der Waals surface area contributed by atoms with Crippen LogP contribution < -0.4 is 5.32 Å². The first-order valence-corrected chi connectivity index (χ1v) is 9.12. The minimum Gasteiger partial charge on any atom is -0.380 e. The number of nitrogens with one attached hydrogen (secondary N) is 1. The predicted molar refractivity (Wildman–Crippen MR) is 89.7 cm³/mol. The van der Waals surface area contributed by atoms with Gasteiger partial charge < -0.3 is 10.1 Å². The highest BCUT2D eigenvalue weighted by atomic mass is 16.5. The quantitative estimate of drug-likeness (QED) is 0.661. The lowest BCUT2D eigenvalue weighted by Gasteiger charge is -2.49. The number of piperazine rings is 1. The largest absolute Gasteiger partial charge is 0.380 e. The summed E-state index contributed by atoms with van der Waals surface area (Å²) in [5.74, 6) is 1.65. The molecule has 1 aliphatic heterocycles. The zero-order valence-corrected chi connectivity index (χ0v) is 14.7. The molecule has 0 radical (unpaired) electrons. The van der Waals surface area contributed by atoms with Gasteiger partial charge in [-0.1, -0.05) is 27.2 Å². The molecule has 2 atom stereocenters. The van der Waals surface area contributed by atoms with Gasteiger partial charge in [-0.05, 0) is 44.4 Å². The van der Waals surface area contributed by atoms with Crippen LogP contribution in [0.3, 0.4) is 0 Å². The topological polar surface area (TPSA) is 24.5 Å². The van der Waals surface area contributed by atoms with Gasteiger partial charge in [-0.15, -0.1) is 0 Å². The van der Waals surface area contributed by atoms with E-state index in [1.165, 1.54) is 38.6 Å². The Bertz CT molecular complexity index is 304. The standard InChI is InChI=1S/C18H36N2O/c1-5-6-17-13-20(10-12-21-11-9-15(2)3)18(4,14-19-17)16-7-8-16/h15-17,19H,5-14H2,1-4H3. The molecule has 0 bridgehead atoms. The molecule has 0 aromatic carbocycles. The van der Waals surface area contributed by atoms with E-state index in [2.05, 4.69) is 37.9 Å².